The zero-order valence-corrected chi connectivity index (χ0v) is 10.2. The van der Waals surface area contributed by atoms with Gasteiger partial charge in [-0.15, -0.1) is 0 Å². The van der Waals surface area contributed by atoms with E-state index in [2.05, 4.69) is 13.5 Å². The molecule has 0 rings (SSSR count). The van der Waals surface area contributed by atoms with Crippen LogP contribution in [-0.2, 0) is 22.6 Å². The van der Waals surface area contributed by atoms with Crippen LogP contribution in [0.15, 0.2) is 0 Å². The third-order valence-electron chi connectivity index (χ3n) is 0.503. The molecule has 0 aromatic carbocycles. The minimum absolute atomic E-state index is 0. The fraction of sp³-hybridized carbons (Fsp3) is 1.00. The summed E-state index contributed by atoms with van der Waals surface area (Å²) < 4.78 is 32.2. The van der Waals surface area contributed by atoms with Crippen LogP contribution >= 0.6 is 16.5 Å². The second-order valence-electron chi connectivity index (χ2n) is 1.13. The fourth-order valence-corrected chi connectivity index (χ4v) is 1.40. The SMILES string of the molecule is CCO[PH](=O)O[PH](=O)OO.[Na]. The molecule has 0 saturated carbocycles. The second kappa shape index (κ2) is 9.39. The van der Waals surface area contributed by atoms with Crippen molar-refractivity contribution in [3.63, 3.8) is 0 Å². The molecule has 2 atom stereocenters. The summed E-state index contributed by atoms with van der Waals surface area (Å²) in [7, 11) is -5.79. The third kappa shape index (κ3) is 9.21. The normalized spacial score (nSPS) is 15.1. The topological polar surface area (TPSA) is 82.1 Å². The maximum atomic E-state index is 10.4. The largest absolute Gasteiger partial charge is 0.353 e. The summed E-state index contributed by atoms with van der Waals surface area (Å²) in [5.41, 5.74) is 0. The van der Waals surface area contributed by atoms with Gasteiger partial charge in [0.15, 0.2) is 0 Å². The van der Waals surface area contributed by atoms with Crippen LogP contribution in [0, 0.1) is 0 Å². The van der Waals surface area contributed by atoms with Crippen LogP contribution in [0.1, 0.15) is 6.92 Å². The van der Waals surface area contributed by atoms with Crippen molar-refractivity contribution in [2.24, 2.45) is 0 Å². The van der Waals surface area contributed by atoms with Gasteiger partial charge in [0.05, 0.1) is 6.61 Å². The Morgan fingerprint density at radius 2 is 1.91 bits per heavy atom. The Morgan fingerprint density at radius 1 is 1.36 bits per heavy atom. The van der Waals surface area contributed by atoms with Crippen LogP contribution in [-0.4, -0.2) is 41.4 Å². The van der Waals surface area contributed by atoms with E-state index in [1.807, 2.05) is 0 Å². The van der Waals surface area contributed by atoms with E-state index in [0.29, 0.717) is 0 Å². The molecule has 1 radical (unpaired) electrons. The van der Waals surface area contributed by atoms with Gasteiger partial charge in [0, 0.05) is 29.6 Å². The summed E-state index contributed by atoms with van der Waals surface area (Å²) in [6, 6.07) is 0. The molecule has 0 fully saturated rings. The molecule has 0 spiro atoms. The van der Waals surface area contributed by atoms with Crippen LogP contribution in [0.2, 0.25) is 0 Å². The van der Waals surface area contributed by atoms with Gasteiger partial charge in [-0.3, -0.25) is 9.13 Å². The minimum atomic E-state index is -3.04. The Hall–Kier alpha value is 1.30. The molecule has 6 nitrogen and oxygen atoms in total. The summed E-state index contributed by atoms with van der Waals surface area (Å²) in [6.07, 6.45) is 0. The van der Waals surface area contributed by atoms with E-state index < -0.39 is 16.5 Å². The third-order valence-corrected chi connectivity index (χ3v) is 2.51. The van der Waals surface area contributed by atoms with Crippen LogP contribution in [0.5, 0.6) is 0 Å². The average molecular weight is 213 g/mol. The molecule has 0 bridgehead atoms. The minimum Gasteiger partial charge on any atom is -0.311 e. The molecule has 63 valence electrons. The zero-order chi connectivity index (χ0) is 7.98. The molecule has 0 saturated heterocycles. The first-order chi connectivity index (χ1) is 4.70. The summed E-state index contributed by atoms with van der Waals surface area (Å²) >= 11 is 0. The van der Waals surface area contributed by atoms with E-state index in [1.165, 1.54) is 0 Å². The predicted octanol–water partition coefficient (Wildman–Crippen LogP) is 0.928. The molecule has 0 aliphatic rings. The van der Waals surface area contributed by atoms with Crippen molar-refractivity contribution in [2.75, 3.05) is 6.61 Å². The number of hydrogen-bond acceptors (Lipinski definition) is 6. The van der Waals surface area contributed by atoms with Gasteiger partial charge in [-0.1, -0.05) is 0 Å². The molecular formula is C2H8NaO6P2. The molecule has 0 aromatic rings. The first-order valence-electron chi connectivity index (χ1n) is 2.40. The van der Waals surface area contributed by atoms with Crippen molar-refractivity contribution in [1.29, 1.82) is 0 Å². The van der Waals surface area contributed by atoms with E-state index in [0.717, 1.165) is 0 Å². The monoisotopic (exact) mass is 213 g/mol. The molecule has 1 N–H and O–H groups in total. The van der Waals surface area contributed by atoms with Crippen molar-refractivity contribution < 1.29 is 27.9 Å². The fourth-order valence-electron chi connectivity index (χ4n) is 0.234. The van der Waals surface area contributed by atoms with Gasteiger partial charge in [0.1, 0.15) is 0 Å². The van der Waals surface area contributed by atoms with E-state index in [4.69, 9.17) is 5.26 Å². The Kier molecular flexibility index (Phi) is 12.6. The molecular weight excluding hydrogens is 205 g/mol. The van der Waals surface area contributed by atoms with Gasteiger partial charge in [0.2, 0.25) is 0 Å². The number of hydrogen-bond donors (Lipinski definition) is 1. The number of rotatable bonds is 5. The van der Waals surface area contributed by atoms with Crippen LogP contribution < -0.4 is 0 Å². The predicted molar refractivity (Wildman–Crippen MR) is 40.2 cm³/mol. The molecule has 0 aromatic heterocycles. The zero-order valence-electron chi connectivity index (χ0n) is 6.20. The summed E-state index contributed by atoms with van der Waals surface area (Å²) in [5, 5.41) is 7.68. The van der Waals surface area contributed by atoms with Gasteiger partial charge < -0.3 is 4.52 Å². The quantitative estimate of drug-likeness (QED) is 0.316. The summed E-state index contributed by atoms with van der Waals surface area (Å²) in [5.74, 6) is 0. The van der Waals surface area contributed by atoms with Crippen molar-refractivity contribution in [3.05, 3.63) is 0 Å². The van der Waals surface area contributed by atoms with E-state index in [9.17, 15) is 9.13 Å². The molecule has 0 aliphatic carbocycles. The summed E-state index contributed by atoms with van der Waals surface area (Å²) in [4.78, 5) is 0. The maximum Gasteiger partial charge on any atom is 0.353 e. The van der Waals surface area contributed by atoms with Crippen LogP contribution in [0.3, 0.4) is 0 Å². The molecule has 9 heteroatoms. The Bertz CT molecular complexity index is 139. The molecule has 0 aliphatic heterocycles. The molecule has 0 amide bonds. The van der Waals surface area contributed by atoms with Gasteiger partial charge in [-0.05, 0) is 6.92 Å². The first-order valence-corrected chi connectivity index (χ1v) is 4.85. The smallest absolute Gasteiger partial charge is 0.311 e. The molecule has 2 unspecified atom stereocenters. The van der Waals surface area contributed by atoms with Gasteiger partial charge in [0.25, 0.3) is 0 Å². The molecule has 11 heavy (non-hydrogen) atoms. The summed E-state index contributed by atoms with van der Waals surface area (Å²) in [6.45, 7) is 1.79. The average Bonchev–Trinajstić information content (AvgIpc) is 1.88. The standard InChI is InChI=1S/C2H8O6P2.Na/c1-2-6-9(4)8-10(5)7-3;/h3,9-10H,2H2,1H3;. The molecule has 0 heterocycles. The van der Waals surface area contributed by atoms with Gasteiger partial charge >= 0.3 is 16.5 Å². The second-order valence-corrected chi connectivity index (χ2v) is 3.41. The van der Waals surface area contributed by atoms with Crippen LogP contribution in [0.4, 0.5) is 0 Å². The Morgan fingerprint density at radius 3 is 2.27 bits per heavy atom. The Balaban J connectivity index is 0. The van der Waals surface area contributed by atoms with Crippen LogP contribution in [0.25, 0.3) is 0 Å². The van der Waals surface area contributed by atoms with Crippen molar-refractivity contribution >= 4 is 46.1 Å². The van der Waals surface area contributed by atoms with E-state index in [-0.39, 0.29) is 36.2 Å². The van der Waals surface area contributed by atoms with Crippen molar-refractivity contribution in [2.45, 2.75) is 6.92 Å². The Labute approximate surface area is 87.3 Å². The van der Waals surface area contributed by atoms with Gasteiger partial charge in [-0.2, -0.15) is 4.67 Å². The van der Waals surface area contributed by atoms with E-state index >= 15 is 0 Å². The van der Waals surface area contributed by atoms with Crippen molar-refractivity contribution in [1.82, 2.24) is 0 Å². The van der Waals surface area contributed by atoms with E-state index in [1.54, 1.807) is 6.92 Å². The van der Waals surface area contributed by atoms with Gasteiger partial charge in [-0.25, -0.2) is 9.57 Å². The van der Waals surface area contributed by atoms with Crippen molar-refractivity contribution in [3.8, 4) is 0 Å². The first kappa shape index (κ1) is 14.8. The maximum absolute atomic E-state index is 10.4.